The summed E-state index contributed by atoms with van der Waals surface area (Å²) in [6, 6.07) is 11.5. The fourth-order valence-corrected chi connectivity index (χ4v) is 9.36. The Labute approximate surface area is 398 Å². The molecule has 1 saturated carbocycles. The van der Waals surface area contributed by atoms with Crippen LogP contribution in [0.25, 0.3) is 22.3 Å². The number of aromatic nitrogens is 2. The van der Waals surface area contributed by atoms with E-state index in [0.717, 1.165) is 0 Å². The molecule has 3 heterocycles. The summed E-state index contributed by atoms with van der Waals surface area (Å²) in [4.78, 5) is 76.7. The Balaban J connectivity index is 1.18. The second kappa shape index (κ2) is 21.7. The fourth-order valence-electron chi connectivity index (χ4n) is 7.31. The SMILES string of the molecule is C=C[C@@H]1C[C@]1(NC(=O)[C@@H]1C[C@@H](Oc2cc(-c3csc(NC(C)C)n3)nc3cc(OC)ccc23)CN1C(=O)OC(C)(C)C)C(=O)NS(=O)(=O)c1ccccc1NC(=O)COCCOCCC(=O)OC. The molecule has 20 nitrogen and oxygen atoms in total. The number of rotatable bonds is 21. The lowest BCUT2D eigenvalue weighted by atomic mass is 10.1. The Morgan fingerprint density at radius 1 is 1.00 bits per heavy atom. The van der Waals surface area contributed by atoms with Gasteiger partial charge in [0, 0.05) is 41.3 Å². The van der Waals surface area contributed by atoms with Gasteiger partial charge in [0.05, 0.1) is 63.9 Å². The first kappa shape index (κ1) is 51.0. The first-order valence-corrected chi connectivity index (χ1v) is 24.1. The predicted molar refractivity (Wildman–Crippen MR) is 252 cm³/mol. The normalized spacial score (nSPS) is 18.9. The van der Waals surface area contributed by atoms with Crippen molar-refractivity contribution in [3.63, 3.8) is 0 Å². The van der Waals surface area contributed by atoms with E-state index in [-0.39, 0.29) is 57.4 Å². The van der Waals surface area contributed by atoms with Crippen LogP contribution < -0.4 is 30.1 Å². The zero-order valence-corrected chi connectivity index (χ0v) is 40.5. The topological polar surface area (TPSA) is 252 Å². The molecule has 4 amide bonds. The average molecular weight is 980 g/mol. The number of carbonyl (C=O) groups is 5. The highest BCUT2D eigenvalue weighted by Gasteiger charge is 2.61. The number of hydrogen-bond donors (Lipinski definition) is 4. The molecular weight excluding hydrogens is 923 g/mol. The number of nitrogens with one attached hydrogen (secondary N) is 4. The summed E-state index contributed by atoms with van der Waals surface area (Å²) in [7, 11) is -1.86. The quantitative estimate of drug-likeness (QED) is 0.0485. The minimum atomic E-state index is -4.67. The number of sulfonamides is 1. The number of methoxy groups -OCH3 is 2. The molecule has 68 heavy (non-hydrogen) atoms. The lowest BCUT2D eigenvalue weighted by Crippen LogP contribution is -2.56. The van der Waals surface area contributed by atoms with Gasteiger partial charge >= 0.3 is 12.1 Å². The molecule has 0 unspecified atom stereocenters. The number of thiazole rings is 1. The number of nitrogens with zero attached hydrogens (tertiary/aromatic N) is 3. The summed E-state index contributed by atoms with van der Waals surface area (Å²) in [6.07, 6.45) is -0.108. The highest BCUT2D eigenvalue weighted by Crippen LogP contribution is 2.45. The Morgan fingerprint density at radius 3 is 2.44 bits per heavy atom. The largest absolute Gasteiger partial charge is 0.497 e. The molecule has 366 valence electrons. The number of ether oxygens (including phenoxy) is 6. The molecular formula is C46H57N7O13S2. The van der Waals surface area contributed by atoms with Crippen LogP contribution in [0.1, 0.15) is 53.9 Å². The summed E-state index contributed by atoms with van der Waals surface area (Å²) in [5, 5.41) is 11.8. The van der Waals surface area contributed by atoms with Crippen LogP contribution in [0.15, 0.2) is 71.5 Å². The van der Waals surface area contributed by atoms with Crippen molar-refractivity contribution in [2.45, 2.75) is 88.1 Å². The first-order valence-electron chi connectivity index (χ1n) is 21.8. The van der Waals surface area contributed by atoms with E-state index in [9.17, 15) is 32.4 Å². The summed E-state index contributed by atoms with van der Waals surface area (Å²) in [6.45, 7) is 12.5. The Morgan fingerprint density at radius 2 is 1.75 bits per heavy atom. The Bertz CT molecular complexity index is 2630. The minimum Gasteiger partial charge on any atom is -0.497 e. The van der Waals surface area contributed by atoms with Crippen LogP contribution in [-0.2, 0) is 48.1 Å². The molecule has 22 heteroatoms. The molecule has 0 bridgehead atoms. The molecule has 2 fully saturated rings. The Hall–Kier alpha value is -6.36. The smallest absolute Gasteiger partial charge is 0.411 e. The van der Waals surface area contributed by atoms with Crippen molar-refractivity contribution in [2.75, 3.05) is 57.8 Å². The molecule has 2 aromatic carbocycles. The molecule has 6 rings (SSSR count). The van der Waals surface area contributed by atoms with E-state index >= 15 is 0 Å². The highest BCUT2D eigenvalue weighted by molar-refractivity contribution is 7.90. The van der Waals surface area contributed by atoms with Crippen molar-refractivity contribution < 1.29 is 60.8 Å². The second-order valence-corrected chi connectivity index (χ2v) is 19.8. The number of amides is 4. The van der Waals surface area contributed by atoms with E-state index in [4.69, 9.17) is 33.7 Å². The molecule has 2 aliphatic rings. The van der Waals surface area contributed by atoms with E-state index in [1.165, 1.54) is 53.7 Å². The van der Waals surface area contributed by atoms with E-state index in [1.807, 2.05) is 19.2 Å². The number of hydrogen-bond acceptors (Lipinski definition) is 17. The highest BCUT2D eigenvalue weighted by atomic mass is 32.2. The Kier molecular flexibility index (Phi) is 16.3. The van der Waals surface area contributed by atoms with Gasteiger partial charge in [0.2, 0.25) is 11.8 Å². The van der Waals surface area contributed by atoms with Crippen molar-refractivity contribution in [1.29, 1.82) is 0 Å². The number of carbonyl (C=O) groups excluding carboxylic acids is 5. The third-order valence-electron chi connectivity index (χ3n) is 10.7. The average Bonchev–Trinajstić information content (AvgIpc) is 3.54. The van der Waals surface area contributed by atoms with Gasteiger partial charge in [-0.1, -0.05) is 18.2 Å². The summed E-state index contributed by atoms with van der Waals surface area (Å²) in [5.74, 6) is -2.63. The zero-order valence-electron chi connectivity index (χ0n) is 38.9. The third kappa shape index (κ3) is 12.8. The molecule has 1 aliphatic carbocycles. The molecule has 1 saturated heterocycles. The maximum atomic E-state index is 14.5. The number of pyridine rings is 1. The van der Waals surface area contributed by atoms with Crippen molar-refractivity contribution >= 4 is 72.9 Å². The van der Waals surface area contributed by atoms with Crippen LogP contribution in [0, 0.1) is 5.92 Å². The molecule has 4 aromatic rings. The number of likely N-dealkylation sites (tertiary alicyclic amines) is 1. The maximum Gasteiger partial charge on any atom is 0.411 e. The molecule has 1 aliphatic heterocycles. The van der Waals surface area contributed by atoms with Gasteiger partial charge < -0.3 is 44.4 Å². The molecule has 2 aromatic heterocycles. The van der Waals surface area contributed by atoms with Crippen LogP contribution in [0.4, 0.5) is 15.6 Å². The number of esters is 1. The second-order valence-electron chi connectivity index (χ2n) is 17.3. The molecule has 0 spiro atoms. The van der Waals surface area contributed by atoms with Gasteiger partial charge in [0.15, 0.2) is 5.13 Å². The summed E-state index contributed by atoms with van der Waals surface area (Å²) >= 11 is 1.43. The molecule has 0 radical (unpaired) electrons. The predicted octanol–water partition coefficient (Wildman–Crippen LogP) is 5.04. The number of fused-ring (bicyclic) bond motifs is 1. The van der Waals surface area contributed by atoms with Gasteiger partial charge in [-0.05, 0) is 65.3 Å². The lowest BCUT2D eigenvalue weighted by molar-refractivity contribution is -0.142. The van der Waals surface area contributed by atoms with Crippen LogP contribution in [0.3, 0.4) is 0 Å². The van der Waals surface area contributed by atoms with Gasteiger partial charge in [0.1, 0.15) is 52.0 Å². The van der Waals surface area contributed by atoms with Gasteiger partial charge in [0.25, 0.3) is 15.9 Å². The van der Waals surface area contributed by atoms with E-state index in [2.05, 4.69) is 32.0 Å². The van der Waals surface area contributed by atoms with Crippen LogP contribution in [0.5, 0.6) is 11.5 Å². The van der Waals surface area contributed by atoms with Gasteiger partial charge in [-0.2, -0.15) is 0 Å². The van der Waals surface area contributed by atoms with Gasteiger partial charge in [-0.25, -0.2) is 27.9 Å². The lowest BCUT2D eigenvalue weighted by Gasteiger charge is -2.29. The first-order chi connectivity index (χ1) is 32.2. The third-order valence-corrected chi connectivity index (χ3v) is 12.8. The minimum absolute atomic E-state index is 0.00503. The summed E-state index contributed by atoms with van der Waals surface area (Å²) in [5.41, 5.74) is -1.16. The monoisotopic (exact) mass is 979 g/mol. The fraction of sp³-hybridized carbons (Fsp3) is 0.457. The zero-order chi connectivity index (χ0) is 49.4. The molecule has 4 N–H and O–H groups in total. The van der Waals surface area contributed by atoms with Crippen molar-refractivity contribution in [2.24, 2.45) is 5.92 Å². The summed E-state index contributed by atoms with van der Waals surface area (Å²) < 4.78 is 62.8. The maximum absolute atomic E-state index is 14.5. The van der Waals surface area contributed by atoms with Gasteiger partial charge in [-0.15, -0.1) is 17.9 Å². The number of anilines is 2. The van der Waals surface area contributed by atoms with E-state index in [0.29, 0.717) is 38.9 Å². The van der Waals surface area contributed by atoms with Crippen LogP contribution >= 0.6 is 11.3 Å². The number of para-hydroxylation sites is 1. The molecule has 4 atom stereocenters. The van der Waals surface area contributed by atoms with Crippen molar-refractivity contribution in [3.05, 3.63) is 66.6 Å². The van der Waals surface area contributed by atoms with Crippen molar-refractivity contribution in [1.82, 2.24) is 24.9 Å². The standard InChI is InChI=1S/C46H57N7O13S2/c1-9-28-23-46(28,42(57)52-68(59,60)38-13-11-10-12-32(38)49-39(54)25-64-19-18-63-17-16-40(55)62-8)51-41(56)36-21-30(24-53(36)44(58)66-45(4,5)6)65-37-22-34(35-26-67-43(50-35)47-27(2)3)48-33-20-29(61-7)14-15-31(33)37/h9-15,20,22,26-28,30,36H,1,16-19,21,23-25H2,2-8H3,(H,47,50)(H,49,54)(H,51,56)(H,52,57)/t28-,30-,36+,46-/m1/s1. The van der Waals surface area contributed by atoms with Crippen LogP contribution in [-0.4, -0.2) is 130 Å². The van der Waals surface area contributed by atoms with Crippen LogP contribution in [0.2, 0.25) is 0 Å². The van der Waals surface area contributed by atoms with Gasteiger partial charge in [-0.3, -0.25) is 24.1 Å². The van der Waals surface area contributed by atoms with E-state index < -0.39 is 80.5 Å². The van der Waals surface area contributed by atoms with Crippen molar-refractivity contribution in [3.8, 4) is 22.9 Å². The van der Waals surface area contributed by atoms with E-state index in [1.54, 1.807) is 52.1 Å². The number of benzene rings is 2.